The highest BCUT2D eigenvalue weighted by atomic mass is 19.2. The van der Waals surface area contributed by atoms with Crippen LogP contribution in [0.4, 0.5) is 9.28 Å². The molecule has 0 saturated carbocycles. The van der Waals surface area contributed by atoms with Gasteiger partial charge in [0.1, 0.15) is 6.54 Å². The van der Waals surface area contributed by atoms with E-state index in [9.17, 15) is 9.28 Å². The number of hydrogen-bond donors (Lipinski definition) is 1. The van der Waals surface area contributed by atoms with E-state index in [2.05, 4.69) is 0 Å². The van der Waals surface area contributed by atoms with E-state index in [-0.39, 0.29) is 13.1 Å². The van der Waals surface area contributed by atoms with Crippen LogP contribution in [0.5, 0.6) is 0 Å². The maximum absolute atomic E-state index is 13.7. The molecule has 0 fully saturated rings. The second-order valence-electron chi connectivity index (χ2n) is 3.55. The lowest BCUT2D eigenvalue weighted by Crippen LogP contribution is -2.47. The van der Waals surface area contributed by atoms with E-state index in [0.717, 1.165) is 11.1 Å². The lowest BCUT2D eigenvalue weighted by Gasteiger charge is -2.25. The molecular formula is C10H11FNO2+. The van der Waals surface area contributed by atoms with Crippen molar-refractivity contribution < 1.29 is 19.1 Å². The van der Waals surface area contributed by atoms with Crippen LogP contribution in [0.25, 0.3) is 0 Å². The summed E-state index contributed by atoms with van der Waals surface area (Å²) in [4.78, 5) is 10.7. The van der Waals surface area contributed by atoms with Crippen LogP contribution in [0.3, 0.4) is 0 Å². The minimum absolute atomic E-state index is 0.0202. The Morgan fingerprint density at radius 1 is 1.36 bits per heavy atom. The highest BCUT2D eigenvalue weighted by Crippen LogP contribution is 2.25. The average molecular weight is 196 g/mol. The first kappa shape index (κ1) is 9.15. The fourth-order valence-electron chi connectivity index (χ4n) is 1.77. The Labute approximate surface area is 80.9 Å². The Hall–Kier alpha value is -1.42. The molecule has 0 aromatic heterocycles. The van der Waals surface area contributed by atoms with Crippen LogP contribution in [0.1, 0.15) is 11.1 Å². The van der Waals surface area contributed by atoms with Crippen molar-refractivity contribution in [2.45, 2.75) is 13.0 Å². The van der Waals surface area contributed by atoms with Gasteiger partial charge in [0.05, 0.1) is 0 Å². The number of fused-ring (bicyclic) bond motifs is 1. The van der Waals surface area contributed by atoms with Gasteiger partial charge in [-0.2, -0.15) is 4.79 Å². The van der Waals surface area contributed by atoms with Gasteiger partial charge in [-0.05, 0) is 10.3 Å². The van der Waals surface area contributed by atoms with Gasteiger partial charge < -0.3 is 5.11 Å². The van der Waals surface area contributed by atoms with E-state index in [1.165, 1.54) is 0 Å². The molecule has 0 bridgehead atoms. The number of rotatable bonds is 0. The first-order valence-electron chi connectivity index (χ1n) is 4.49. The van der Waals surface area contributed by atoms with Gasteiger partial charge in [-0.25, -0.2) is 0 Å². The maximum Gasteiger partial charge on any atom is 0.553 e. The van der Waals surface area contributed by atoms with Crippen LogP contribution in [-0.4, -0.2) is 22.4 Å². The summed E-state index contributed by atoms with van der Waals surface area (Å²) in [5.74, 6) is 0. The zero-order valence-electron chi connectivity index (χ0n) is 7.61. The molecule has 4 heteroatoms. The topological polar surface area (TPSA) is 37.3 Å². The van der Waals surface area contributed by atoms with E-state index in [1.54, 1.807) is 12.1 Å². The Balaban J connectivity index is 2.34. The molecule has 1 aromatic carbocycles. The number of halogens is 1. The Bertz CT molecular complexity index is 380. The molecule has 1 aliphatic rings. The monoisotopic (exact) mass is 196 g/mol. The number of amides is 1. The third-order valence-corrected chi connectivity index (χ3v) is 2.62. The molecule has 1 N–H and O–H groups in total. The predicted octanol–water partition coefficient (Wildman–Crippen LogP) is 2.12. The number of nitrogens with zero attached hydrogens (tertiary/aromatic N) is 1. The highest BCUT2D eigenvalue weighted by Gasteiger charge is 2.42. The lowest BCUT2D eigenvalue weighted by molar-refractivity contribution is -1.01. The molecule has 1 atom stereocenters. The van der Waals surface area contributed by atoms with Gasteiger partial charge in [-0.1, -0.05) is 24.3 Å². The fraction of sp³-hybridized carbons (Fsp3) is 0.300. The summed E-state index contributed by atoms with van der Waals surface area (Å²) in [6.45, 7) is -0.0438. The number of hydrogen-bond acceptors (Lipinski definition) is 1. The van der Waals surface area contributed by atoms with E-state index in [4.69, 9.17) is 5.11 Å². The van der Waals surface area contributed by atoms with Crippen molar-refractivity contribution in [3.8, 4) is 0 Å². The van der Waals surface area contributed by atoms with E-state index in [0.29, 0.717) is 6.42 Å². The molecule has 1 amide bonds. The molecule has 1 aromatic rings. The molecule has 1 aliphatic heterocycles. The quantitative estimate of drug-likeness (QED) is 0.645. The van der Waals surface area contributed by atoms with Gasteiger partial charge in [-0.3, -0.25) is 0 Å². The predicted molar refractivity (Wildman–Crippen MR) is 48.1 cm³/mol. The SMILES string of the molecule is O=C(O)[N+]1(F)CCc2ccccc2C1. The number of quaternary nitrogens is 1. The number of benzene rings is 1. The van der Waals surface area contributed by atoms with E-state index < -0.39 is 10.8 Å². The van der Waals surface area contributed by atoms with Crippen molar-refractivity contribution in [2.75, 3.05) is 6.54 Å². The van der Waals surface area contributed by atoms with Crippen molar-refractivity contribution in [1.82, 2.24) is 0 Å². The number of carboxylic acid groups (broad SMARTS) is 1. The van der Waals surface area contributed by atoms with Crippen LogP contribution in [0.2, 0.25) is 0 Å². The van der Waals surface area contributed by atoms with Crippen molar-refractivity contribution in [3.63, 3.8) is 0 Å². The summed E-state index contributed by atoms with van der Waals surface area (Å²) < 4.78 is 12.3. The smallest absolute Gasteiger partial charge is 0.433 e. The average Bonchev–Trinajstić information content (AvgIpc) is 2.17. The number of carbonyl (C=O) groups is 1. The van der Waals surface area contributed by atoms with Gasteiger partial charge >= 0.3 is 6.09 Å². The Morgan fingerprint density at radius 3 is 2.64 bits per heavy atom. The van der Waals surface area contributed by atoms with E-state index in [1.807, 2.05) is 12.1 Å². The molecule has 1 heterocycles. The lowest BCUT2D eigenvalue weighted by atomic mass is 10.0. The summed E-state index contributed by atoms with van der Waals surface area (Å²) in [6.07, 6.45) is -0.918. The van der Waals surface area contributed by atoms with Crippen LogP contribution >= 0.6 is 0 Å². The molecular weight excluding hydrogens is 185 g/mol. The molecule has 2 rings (SSSR count). The largest absolute Gasteiger partial charge is 0.553 e. The third-order valence-electron chi connectivity index (χ3n) is 2.62. The molecule has 74 valence electrons. The zero-order chi connectivity index (χ0) is 10.2. The maximum atomic E-state index is 13.7. The summed E-state index contributed by atoms with van der Waals surface area (Å²) in [7, 11) is 0. The minimum atomic E-state index is -1.40. The fourth-order valence-corrected chi connectivity index (χ4v) is 1.77. The summed E-state index contributed by atoms with van der Waals surface area (Å²) >= 11 is 0. The van der Waals surface area contributed by atoms with Gasteiger partial charge in [0.25, 0.3) is 0 Å². The van der Waals surface area contributed by atoms with Crippen LogP contribution in [-0.2, 0) is 13.0 Å². The molecule has 14 heavy (non-hydrogen) atoms. The van der Waals surface area contributed by atoms with Gasteiger partial charge in [0, 0.05) is 16.5 Å². The molecule has 0 spiro atoms. The summed E-state index contributed by atoms with van der Waals surface area (Å²) in [5, 5.41) is 8.72. The molecule has 3 nitrogen and oxygen atoms in total. The van der Waals surface area contributed by atoms with Crippen molar-refractivity contribution in [3.05, 3.63) is 35.4 Å². The normalized spacial score (nSPS) is 25.5. The first-order valence-corrected chi connectivity index (χ1v) is 4.49. The summed E-state index contributed by atoms with van der Waals surface area (Å²) in [6, 6.07) is 7.39. The van der Waals surface area contributed by atoms with Crippen LogP contribution in [0.15, 0.2) is 24.3 Å². The highest BCUT2D eigenvalue weighted by molar-refractivity contribution is 5.56. The van der Waals surface area contributed by atoms with Gasteiger partial charge in [0.15, 0.2) is 6.54 Å². The van der Waals surface area contributed by atoms with Crippen LogP contribution in [0, 0.1) is 0 Å². The second kappa shape index (κ2) is 3.06. The molecule has 0 saturated heterocycles. The Morgan fingerprint density at radius 2 is 2.00 bits per heavy atom. The standard InChI is InChI=1S/C10H10FNO2/c11-12(10(13)14)6-5-8-3-1-2-4-9(8)7-12/h1-4H,5-7H2/p+1. The van der Waals surface area contributed by atoms with Gasteiger partial charge in [-0.15, -0.1) is 0 Å². The van der Waals surface area contributed by atoms with Crippen LogP contribution < -0.4 is 0 Å². The van der Waals surface area contributed by atoms with Crippen molar-refractivity contribution in [1.29, 1.82) is 0 Å². The zero-order valence-corrected chi connectivity index (χ0v) is 7.61. The molecule has 1 unspecified atom stereocenters. The summed E-state index contributed by atoms with van der Waals surface area (Å²) in [5.41, 5.74) is 1.85. The van der Waals surface area contributed by atoms with Crippen molar-refractivity contribution in [2.24, 2.45) is 0 Å². The van der Waals surface area contributed by atoms with Crippen molar-refractivity contribution >= 4 is 6.09 Å². The first-order chi connectivity index (χ1) is 6.62. The van der Waals surface area contributed by atoms with Gasteiger partial charge in [0.2, 0.25) is 0 Å². The van der Waals surface area contributed by atoms with E-state index >= 15 is 0 Å². The third kappa shape index (κ3) is 1.37. The molecule has 0 aliphatic carbocycles. The minimum Gasteiger partial charge on any atom is -0.433 e. The second-order valence-corrected chi connectivity index (χ2v) is 3.55. The Kier molecular flexibility index (Phi) is 2.00. The molecule has 0 radical (unpaired) electrons.